The van der Waals surface area contributed by atoms with E-state index in [-0.39, 0.29) is 12.4 Å². The van der Waals surface area contributed by atoms with Gasteiger partial charge in [-0.1, -0.05) is 48.9 Å². The molecule has 3 aliphatic rings. The first kappa shape index (κ1) is 26.4. The molecule has 2 aromatic carbocycles. The van der Waals surface area contributed by atoms with Gasteiger partial charge < -0.3 is 10.0 Å². The predicted octanol–water partition coefficient (Wildman–Crippen LogP) is 6.22. The van der Waals surface area contributed by atoms with Crippen LogP contribution in [0.1, 0.15) is 68.4 Å². The van der Waals surface area contributed by atoms with E-state index in [2.05, 4.69) is 40.1 Å². The van der Waals surface area contributed by atoms with E-state index in [0.717, 1.165) is 38.3 Å². The summed E-state index contributed by atoms with van der Waals surface area (Å²) >= 11 is 0. The first-order chi connectivity index (χ1) is 18.0. The van der Waals surface area contributed by atoms with Gasteiger partial charge in [-0.3, -0.25) is 9.69 Å². The molecule has 37 heavy (non-hydrogen) atoms. The normalized spacial score (nSPS) is 25.1. The standard InChI is InChI=1S/C32H43FN2O2/c33-29-13-11-24(12-14-29)5-4-6-25-15-17-34(18-16-25)22-28-19-30(20-31(28)27-7-2-1-3-8-27)35(23-32(36)37)21-26-9-10-26/h1-3,7-8,11-14,25-26,28,30-31H,4-6,9-10,15-23H2,(H,36,37)/t28-,30?,31-/m1/s1. The van der Waals surface area contributed by atoms with Crippen LogP contribution in [0.2, 0.25) is 0 Å². The number of carboxylic acids is 1. The van der Waals surface area contributed by atoms with E-state index in [1.807, 2.05) is 12.1 Å². The molecule has 3 atom stereocenters. The summed E-state index contributed by atoms with van der Waals surface area (Å²) in [5, 5.41) is 9.58. The monoisotopic (exact) mass is 506 g/mol. The summed E-state index contributed by atoms with van der Waals surface area (Å²) < 4.78 is 13.1. The van der Waals surface area contributed by atoms with E-state index < -0.39 is 5.97 Å². The van der Waals surface area contributed by atoms with Crippen LogP contribution < -0.4 is 0 Å². The number of likely N-dealkylation sites (tertiary alicyclic amines) is 1. The summed E-state index contributed by atoms with van der Waals surface area (Å²) in [5.41, 5.74) is 2.66. The number of hydrogen-bond donors (Lipinski definition) is 1. The first-order valence-corrected chi connectivity index (χ1v) is 14.5. The van der Waals surface area contributed by atoms with E-state index in [9.17, 15) is 14.3 Å². The Morgan fingerprint density at radius 3 is 2.35 bits per heavy atom. The molecule has 1 unspecified atom stereocenters. The number of hydrogen-bond acceptors (Lipinski definition) is 3. The van der Waals surface area contributed by atoms with Crippen molar-refractivity contribution >= 4 is 5.97 Å². The van der Waals surface area contributed by atoms with E-state index in [4.69, 9.17) is 0 Å². The quantitative estimate of drug-likeness (QED) is 0.371. The Kier molecular flexibility index (Phi) is 8.93. The molecule has 1 aliphatic heterocycles. The third kappa shape index (κ3) is 7.64. The number of carbonyl (C=O) groups is 1. The van der Waals surface area contributed by atoms with Crippen LogP contribution in [0.15, 0.2) is 54.6 Å². The zero-order chi connectivity index (χ0) is 25.6. The van der Waals surface area contributed by atoms with Crippen molar-refractivity contribution in [1.82, 2.24) is 9.80 Å². The van der Waals surface area contributed by atoms with Crippen molar-refractivity contribution in [1.29, 1.82) is 0 Å². The van der Waals surface area contributed by atoms with Crippen LogP contribution in [0.5, 0.6) is 0 Å². The molecule has 2 aliphatic carbocycles. The van der Waals surface area contributed by atoms with Gasteiger partial charge in [0.1, 0.15) is 5.82 Å². The maximum Gasteiger partial charge on any atom is 0.317 e. The summed E-state index contributed by atoms with van der Waals surface area (Å²) in [6.07, 6.45) is 10.7. The van der Waals surface area contributed by atoms with Gasteiger partial charge in [0, 0.05) is 19.1 Å². The lowest BCUT2D eigenvalue weighted by molar-refractivity contribution is -0.139. The highest BCUT2D eigenvalue weighted by Crippen LogP contribution is 2.44. The average molecular weight is 507 g/mol. The second-order valence-electron chi connectivity index (χ2n) is 11.9. The number of piperidine rings is 1. The number of aryl methyl sites for hydroxylation is 1. The molecule has 0 radical (unpaired) electrons. The van der Waals surface area contributed by atoms with E-state index >= 15 is 0 Å². The van der Waals surface area contributed by atoms with E-state index in [1.165, 1.54) is 62.7 Å². The molecule has 200 valence electrons. The van der Waals surface area contributed by atoms with Gasteiger partial charge in [-0.25, -0.2) is 4.39 Å². The molecule has 2 aromatic rings. The number of benzene rings is 2. The topological polar surface area (TPSA) is 43.8 Å². The summed E-state index contributed by atoms with van der Waals surface area (Å²) in [6.45, 7) is 4.60. The zero-order valence-electron chi connectivity index (χ0n) is 22.1. The van der Waals surface area contributed by atoms with E-state index in [1.54, 1.807) is 12.1 Å². The maximum absolute atomic E-state index is 13.1. The number of carboxylic acid groups (broad SMARTS) is 1. The third-order valence-corrected chi connectivity index (χ3v) is 9.13. The van der Waals surface area contributed by atoms with Gasteiger partial charge >= 0.3 is 5.97 Å². The molecule has 0 amide bonds. The predicted molar refractivity (Wildman–Crippen MR) is 146 cm³/mol. The lowest BCUT2D eigenvalue weighted by Gasteiger charge is -2.35. The molecule has 3 fully saturated rings. The number of halogens is 1. The van der Waals surface area contributed by atoms with Crippen LogP contribution in [0.3, 0.4) is 0 Å². The summed E-state index contributed by atoms with van der Waals surface area (Å²) in [7, 11) is 0. The SMILES string of the molecule is O=C(O)CN(CC1CC1)C1C[C@H](CN2CCC(CCCc3ccc(F)cc3)CC2)[C@@H](c2ccccc2)C1. The number of aliphatic carboxylic acids is 1. The molecular formula is C32H43FN2O2. The van der Waals surface area contributed by atoms with Crippen LogP contribution in [-0.4, -0.2) is 59.6 Å². The summed E-state index contributed by atoms with van der Waals surface area (Å²) in [4.78, 5) is 16.6. The van der Waals surface area contributed by atoms with Gasteiger partial charge in [0.05, 0.1) is 6.54 Å². The van der Waals surface area contributed by atoms with Crippen molar-refractivity contribution < 1.29 is 14.3 Å². The molecular weight excluding hydrogens is 463 g/mol. The van der Waals surface area contributed by atoms with Crippen LogP contribution >= 0.6 is 0 Å². The van der Waals surface area contributed by atoms with Crippen molar-refractivity contribution in [2.75, 3.05) is 32.7 Å². The highest BCUT2D eigenvalue weighted by atomic mass is 19.1. The Labute approximate surface area is 221 Å². The van der Waals surface area contributed by atoms with Crippen molar-refractivity contribution in [3.8, 4) is 0 Å². The Morgan fingerprint density at radius 2 is 1.68 bits per heavy atom. The largest absolute Gasteiger partial charge is 0.480 e. The third-order valence-electron chi connectivity index (χ3n) is 9.13. The molecule has 5 rings (SSSR count). The lowest BCUT2D eigenvalue weighted by atomic mass is 9.87. The lowest BCUT2D eigenvalue weighted by Crippen LogP contribution is -2.40. The van der Waals surface area contributed by atoms with E-state index in [0.29, 0.717) is 23.8 Å². The fraction of sp³-hybridized carbons (Fsp3) is 0.594. The van der Waals surface area contributed by atoms with Crippen molar-refractivity contribution in [2.45, 2.75) is 69.7 Å². The van der Waals surface area contributed by atoms with Crippen LogP contribution in [0.25, 0.3) is 0 Å². The van der Waals surface area contributed by atoms with Gasteiger partial charge in [0.2, 0.25) is 0 Å². The smallest absolute Gasteiger partial charge is 0.317 e. The van der Waals surface area contributed by atoms with Crippen LogP contribution in [-0.2, 0) is 11.2 Å². The highest BCUT2D eigenvalue weighted by Gasteiger charge is 2.40. The molecule has 1 saturated heterocycles. The maximum atomic E-state index is 13.1. The molecule has 0 bridgehead atoms. The zero-order valence-corrected chi connectivity index (χ0v) is 22.1. The Bertz CT molecular complexity index is 986. The minimum atomic E-state index is -0.693. The fourth-order valence-electron chi connectivity index (χ4n) is 6.89. The summed E-state index contributed by atoms with van der Waals surface area (Å²) in [5.74, 6) is 1.74. The Morgan fingerprint density at radius 1 is 0.946 bits per heavy atom. The van der Waals surface area contributed by atoms with Crippen LogP contribution in [0.4, 0.5) is 4.39 Å². The number of nitrogens with zero attached hydrogens (tertiary/aromatic N) is 2. The second-order valence-corrected chi connectivity index (χ2v) is 11.9. The highest BCUT2D eigenvalue weighted by molar-refractivity contribution is 5.69. The van der Waals surface area contributed by atoms with Crippen molar-refractivity contribution in [2.24, 2.45) is 17.8 Å². The second kappa shape index (κ2) is 12.5. The molecule has 1 heterocycles. The molecule has 4 nitrogen and oxygen atoms in total. The average Bonchev–Trinajstić information content (AvgIpc) is 3.62. The Hall–Kier alpha value is -2.24. The molecule has 0 spiro atoms. The van der Waals surface area contributed by atoms with Gasteiger partial charge in [-0.05, 0) is 111 Å². The molecule has 2 saturated carbocycles. The molecule has 1 N–H and O–H groups in total. The van der Waals surface area contributed by atoms with Gasteiger partial charge in [0.15, 0.2) is 0 Å². The first-order valence-electron chi connectivity index (χ1n) is 14.5. The fourth-order valence-corrected chi connectivity index (χ4v) is 6.89. The molecule has 0 aromatic heterocycles. The van der Waals surface area contributed by atoms with Crippen LogP contribution in [0, 0.1) is 23.6 Å². The minimum Gasteiger partial charge on any atom is -0.480 e. The van der Waals surface area contributed by atoms with Gasteiger partial charge in [0.25, 0.3) is 0 Å². The Balaban J connectivity index is 1.14. The molecule has 5 heteroatoms. The summed E-state index contributed by atoms with van der Waals surface area (Å²) in [6, 6.07) is 18.3. The minimum absolute atomic E-state index is 0.156. The number of rotatable bonds is 12. The van der Waals surface area contributed by atoms with Crippen molar-refractivity contribution in [3.05, 3.63) is 71.5 Å². The van der Waals surface area contributed by atoms with Gasteiger partial charge in [-0.15, -0.1) is 0 Å². The van der Waals surface area contributed by atoms with Gasteiger partial charge in [-0.2, -0.15) is 0 Å². The van der Waals surface area contributed by atoms with Crippen molar-refractivity contribution in [3.63, 3.8) is 0 Å².